The monoisotopic (exact) mass is 820 g/mol. The summed E-state index contributed by atoms with van der Waals surface area (Å²) in [7, 11) is -4.61. The molecule has 1 aliphatic heterocycles. The van der Waals surface area contributed by atoms with Gasteiger partial charge in [0.2, 0.25) is 20.0 Å². The zero-order chi connectivity index (χ0) is 42.7. The summed E-state index contributed by atoms with van der Waals surface area (Å²) in [5.74, 6) is 0.599. The van der Waals surface area contributed by atoms with Crippen LogP contribution in [0.25, 0.3) is 17.1 Å². The smallest absolute Gasteiger partial charge is 0.306 e. The molecule has 0 bridgehead atoms. The molecular formula is C43H68N6O6Si2. The van der Waals surface area contributed by atoms with E-state index in [-0.39, 0.29) is 40.1 Å². The normalized spacial score (nSPS) is 15.1. The molecule has 4 rings (SSSR count). The van der Waals surface area contributed by atoms with Gasteiger partial charge in [-0.15, -0.1) is 10.2 Å². The fourth-order valence-electron chi connectivity index (χ4n) is 6.11. The Kier molecular flexibility index (Phi) is 14.3. The van der Waals surface area contributed by atoms with Crippen LogP contribution >= 0.6 is 0 Å². The summed E-state index contributed by atoms with van der Waals surface area (Å²) in [5.41, 5.74) is 3.64. The Hall–Kier alpha value is -4.02. The van der Waals surface area contributed by atoms with Gasteiger partial charge in [-0.1, -0.05) is 74.4 Å². The van der Waals surface area contributed by atoms with Crippen LogP contribution in [0.15, 0.2) is 36.4 Å². The number of nitrogens with one attached hydrogen (secondary N) is 1. The Morgan fingerprint density at radius 2 is 1.40 bits per heavy atom. The first-order chi connectivity index (χ1) is 26.4. The van der Waals surface area contributed by atoms with Crippen molar-refractivity contribution >= 4 is 34.4 Å². The van der Waals surface area contributed by atoms with Crippen LogP contribution in [0, 0.1) is 5.92 Å². The van der Waals surface area contributed by atoms with E-state index in [1.807, 2.05) is 28.5 Å². The Bertz CT molecular complexity index is 1890. The number of hydrogen-bond donors (Lipinski definition) is 2. The van der Waals surface area contributed by atoms with Gasteiger partial charge in [0.25, 0.3) is 14.2 Å². The number of rotatable bonds is 15. The zero-order valence-electron chi connectivity index (χ0n) is 37.0. The second-order valence-electron chi connectivity index (χ2n) is 18.9. The van der Waals surface area contributed by atoms with Gasteiger partial charge in [-0.3, -0.25) is 23.9 Å². The lowest BCUT2D eigenvalue weighted by atomic mass is 9.98. The summed E-state index contributed by atoms with van der Waals surface area (Å²) in [5, 5.41) is 21.2. The van der Waals surface area contributed by atoms with Gasteiger partial charge in [0.05, 0.1) is 11.5 Å². The topological polar surface area (TPSA) is 139 Å². The van der Waals surface area contributed by atoms with Gasteiger partial charge in [-0.2, -0.15) is 0 Å². The van der Waals surface area contributed by atoms with Gasteiger partial charge in [-0.25, -0.2) is 0 Å². The highest BCUT2D eigenvalue weighted by atomic mass is 28.4. The maximum Gasteiger partial charge on any atom is 0.306 e. The Morgan fingerprint density at radius 3 is 1.91 bits per heavy atom. The molecule has 0 radical (unpaired) electrons. The van der Waals surface area contributed by atoms with Crippen molar-refractivity contribution in [3.05, 3.63) is 53.3 Å². The minimum atomic E-state index is -2.38. The highest BCUT2D eigenvalue weighted by Crippen LogP contribution is 2.46. The van der Waals surface area contributed by atoms with E-state index in [0.717, 1.165) is 41.2 Å². The van der Waals surface area contributed by atoms with E-state index < -0.39 is 28.5 Å². The molecule has 1 unspecified atom stereocenters. The summed E-state index contributed by atoms with van der Waals surface area (Å²) < 4.78 is 16.0. The van der Waals surface area contributed by atoms with Gasteiger partial charge in [0, 0.05) is 57.4 Å². The number of benzene rings is 2. The number of amides is 2. The predicted octanol–water partition coefficient (Wildman–Crippen LogP) is 8.72. The number of carboxylic acid groups (broad SMARTS) is 1. The number of nitrogens with zero attached hydrogens (tertiary/aromatic N) is 5. The van der Waals surface area contributed by atoms with Crippen LogP contribution in [0.4, 0.5) is 0 Å². The van der Waals surface area contributed by atoms with E-state index in [9.17, 15) is 19.5 Å². The van der Waals surface area contributed by atoms with E-state index in [0.29, 0.717) is 44.2 Å². The number of carbonyl (C=O) groups excluding carboxylic acids is 2. The molecule has 1 saturated heterocycles. The van der Waals surface area contributed by atoms with E-state index in [1.54, 1.807) is 6.92 Å². The van der Waals surface area contributed by atoms with Gasteiger partial charge in [-0.05, 0) is 84.9 Å². The largest absolute Gasteiger partial charge is 0.543 e. The minimum Gasteiger partial charge on any atom is -0.543 e. The third kappa shape index (κ3) is 10.9. The molecule has 12 nitrogen and oxygen atoms in total. The standard InChI is InChI=1S/C43H68N6O6Si2/c1-15-44-40(51)39-46-45-38(34-26-33(29(2)3)35(54-56(11,12)42(5,6)7)27-36(34)55-57(13,14)43(8,9)10)49(39)32-19-17-31(18-20-32)28-47-22-24-48(25-23-47)37(50)21-16-30(4)41(52)53/h17-20,26-27,29-30H,15-16,21-25,28H2,1-14H3,(H,44,51)(H,52,53). The van der Waals surface area contributed by atoms with Crippen LogP contribution in [0.1, 0.15) is 110 Å². The fraction of sp³-hybridized carbons (Fsp3) is 0.605. The molecule has 314 valence electrons. The molecule has 57 heavy (non-hydrogen) atoms. The number of carbonyl (C=O) groups is 3. The molecule has 1 fully saturated rings. The lowest BCUT2D eigenvalue weighted by Crippen LogP contribution is -2.48. The van der Waals surface area contributed by atoms with Crippen LogP contribution in [-0.4, -0.2) is 96.8 Å². The summed E-state index contributed by atoms with van der Waals surface area (Å²) in [6, 6.07) is 12.3. The highest BCUT2D eigenvalue weighted by Gasteiger charge is 2.42. The fourth-order valence-corrected chi connectivity index (χ4v) is 8.17. The Balaban J connectivity index is 1.74. The third-order valence-corrected chi connectivity index (χ3v) is 20.7. The number of carboxylic acids is 1. The molecule has 0 saturated carbocycles. The second kappa shape index (κ2) is 17.9. The Morgan fingerprint density at radius 1 is 0.842 bits per heavy atom. The molecule has 2 heterocycles. The van der Waals surface area contributed by atoms with Crippen molar-refractivity contribution in [1.29, 1.82) is 0 Å². The highest BCUT2D eigenvalue weighted by molar-refractivity contribution is 6.75. The molecule has 0 spiro atoms. The van der Waals surface area contributed by atoms with Gasteiger partial charge in [0.15, 0.2) is 5.82 Å². The zero-order valence-corrected chi connectivity index (χ0v) is 39.0. The average Bonchev–Trinajstić information content (AvgIpc) is 3.55. The maximum absolute atomic E-state index is 13.6. The number of piperazine rings is 1. The molecule has 2 N–H and O–H groups in total. The van der Waals surface area contributed by atoms with Crippen LogP contribution in [-0.2, 0) is 16.1 Å². The predicted molar refractivity (Wildman–Crippen MR) is 232 cm³/mol. The summed E-state index contributed by atoms with van der Waals surface area (Å²) >= 11 is 0. The van der Waals surface area contributed by atoms with E-state index in [2.05, 4.69) is 121 Å². The lowest BCUT2D eigenvalue weighted by molar-refractivity contribution is -0.141. The van der Waals surface area contributed by atoms with Crippen molar-refractivity contribution in [3.63, 3.8) is 0 Å². The average molecular weight is 821 g/mol. The lowest BCUT2D eigenvalue weighted by Gasteiger charge is -2.39. The third-order valence-electron chi connectivity index (χ3n) is 12.1. The first-order valence-corrected chi connectivity index (χ1v) is 26.3. The molecule has 2 aromatic carbocycles. The number of hydrogen-bond acceptors (Lipinski definition) is 8. The Labute approximate surface area is 343 Å². The summed E-state index contributed by atoms with van der Waals surface area (Å²) in [6.07, 6.45) is 0.591. The molecule has 0 aliphatic carbocycles. The summed E-state index contributed by atoms with van der Waals surface area (Å²) in [6.45, 7) is 34.0. The van der Waals surface area contributed by atoms with Crippen molar-refractivity contribution < 1.29 is 28.3 Å². The van der Waals surface area contributed by atoms with Crippen LogP contribution in [0.3, 0.4) is 0 Å². The van der Waals surface area contributed by atoms with Crippen LogP contribution < -0.4 is 14.2 Å². The maximum atomic E-state index is 13.6. The van der Waals surface area contributed by atoms with Crippen LogP contribution in [0.5, 0.6) is 11.5 Å². The van der Waals surface area contributed by atoms with Gasteiger partial charge < -0.3 is 24.2 Å². The second-order valence-corrected chi connectivity index (χ2v) is 28.4. The van der Waals surface area contributed by atoms with Gasteiger partial charge in [0.1, 0.15) is 11.5 Å². The van der Waals surface area contributed by atoms with E-state index in [4.69, 9.17) is 14.0 Å². The quantitative estimate of drug-likeness (QED) is 0.144. The number of aromatic nitrogens is 3. The first kappa shape index (κ1) is 45.7. The number of aliphatic carboxylic acids is 1. The molecule has 1 aromatic heterocycles. The first-order valence-electron chi connectivity index (χ1n) is 20.5. The molecular weight excluding hydrogens is 753 g/mol. The van der Waals surface area contributed by atoms with Crippen molar-refractivity contribution in [2.24, 2.45) is 5.92 Å². The van der Waals surface area contributed by atoms with Crippen molar-refractivity contribution in [3.8, 4) is 28.6 Å². The minimum absolute atomic E-state index is 0.00886. The van der Waals surface area contributed by atoms with Crippen LogP contribution in [0.2, 0.25) is 36.3 Å². The molecule has 1 atom stereocenters. The molecule has 1 aliphatic rings. The van der Waals surface area contributed by atoms with Gasteiger partial charge >= 0.3 is 5.97 Å². The summed E-state index contributed by atoms with van der Waals surface area (Å²) in [4.78, 5) is 41.7. The van der Waals surface area contributed by atoms with E-state index in [1.165, 1.54) is 0 Å². The molecule has 3 aromatic rings. The molecule has 14 heteroatoms. The SMILES string of the molecule is CCNC(=O)c1nnc(-c2cc(C(C)C)c(O[Si](C)(C)C(C)(C)C)cc2O[Si](C)(C)C(C)(C)C)n1-c1ccc(CN2CCN(C(=O)CCC(C)C(=O)O)CC2)cc1. The van der Waals surface area contributed by atoms with Crippen molar-refractivity contribution in [2.45, 2.75) is 131 Å². The van der Waals surface area contributed by atoms with Crippen molar-refractivity contribution in [2.75, 3.05) is 32.7 Å². The van der Waals surface area contributed by atoms with Crippen molar-refractivity contribution in [1.82, 2.24) is 29.9 Å². The van der Waals surface area contributed by atoms with E-state index >= 15 is 0 Å². The molecule has 2 amide bonds.